The van der Waals surface area contributed by atoms with Gasteiger partial charge in [-0.2, -0.15) is 0 Å². The molecule has 168 valence electrons. The standard InChI is InChI=1S/C22H29N3O5S/c1-23-31-21-13-16(22(26)27)18(25(9-11-28-2)10-12-29-3)14-20(21)30-19-6-4-5-17-15(19)7-8-24-17/h4-8,13-15,17,23-24H,9-12H2,1-3H3,(H,26,27). The van der Waals surface area contributed by atoms with Crippen LogP contribution in [0.25, 0.3) is 0 Å². The number of benzene rings is 1. The molecule has 2 aliphatic rings. The van der Waals surface area contributed by atoms with Crippen LogP contribution in [0.5, 0.6) is 5.75 Å². The zero-order valence-corrected chi connectivity index (χ0v) is 18.8. The topological polar surface area (TPSA) is 92.3 Å². The fraction of sp³-hybridized carbons (Fsp3) is 0.409. The molecule has 1 aliphatic carbocycles. The second kappa shape index (κ2) is 11.2. The number of nitrogens with one attached hydrogen (secondary N) is 2. The molecule has 8 nitrogen and oxygen atoms in total. The van der Waals surface area contributed by atoms with Gasteiger partial charge in [-0.05, 0) is 37.3 Å². The van der Waals surface area contributed by atoms with Gasteiger partial charge in [0.25, 0.3) is 0 Å². The third-order valence-electron chi connectivity index (χ3n) is 5.09. The largest absolute Gasteiger partial charge is 0.478 e. The zero-order valence-electron chi connectivity index (χ0n) is 18.0. The molecule has 0 bridgehead atoms. The number of allylic oxidation sites excluding steroid dienone is 2. The molecule has 0 fully saturated rings. The molecule has 1 aliphatic heterocycles. The minimum atomic E-state index is -0.998. The van der Waals surface area contributed by atoms with Crippen molar-refractivity contribution in [1.82, 2.24) is 10.0 Å². The Hall–Kier alpha value is -2.46. The van der Waals surface area contributed by atoms with Gasteiger partial charge in [0, 0.05) is 33.4 Å². The van der Waals surface area contributed by atoms with Crippen molar-refractivity contribution in [3.05, 3.63) is 54.0 Å². The molecule has 3 N–H and O–H groups in total. The van der Waals surface area contributed by atoms with Crippen LogP contribution in [0, 0.1) is 5.92 Å². The summed E-state index contributed by atoms with van der Waals surface area (Å²) < 4.78 is 19.8. The van der Waals surface area contributed by atoms with Crippen molar-refractivity contribution >= 4 is 23.6 Å². The number of ether oxygens (including phenoxy) is 3. The lowest BCUT2D eigenvalue weighted by atomic mass is 9.95. The molecule has 0 saturated heterocycles. The van der Waals surface area contributed by atoms with E-state index in [-0.39, 0.29) is 17.5 Å². The summed E-state index contributed by atoms with van der Waals surface area (Å²) in [4.78, 5) is 14.7. The van der Waals surface area contributed by atoms with Gasteiger partial charge in [0.2, 0.25) is 0 Å². The first kappa shape index (κ1) is 23.2. The van der Waals surface area contributed by atoms with E-state index in [1.54, 1.807) is 33.4 Å². The van der Waals surface area contributed by atoms with Crippen LogP contribution in [0.1, 0.15) is 10.4 Å². The van der Waals surface area contributed by atoms with Crippen LogP contribution in [0.3, 0.4) is 0 Å². The summed E-state index contributed by atoms with van der Waals surface area (Å²) in [6.45, 7) is 1.98. The van der Waals surface area contributed by atoms with E-state index in [4.69, 9.17) is 14.2 Å². The van der Waals surface area contributed by atoms with Gasteiger partial charge in [0.05, 0.1) is 41.3 Å². The van der Waals surface area contributed by atoms with Gasteiger partial charge in [-0.1, -0.05) is 18.2 Å². The fourth-order valence-electron chi connectivity index (χ4n) is 3.56. The lowest BCUT2D eigenvalue weighted by Gasteiger charge is -2.28. The number of rotatable bonds is 12. The van der Waals surface area contributed by atoms with Crippen LogP contribution < -0.4 is 19.7 Å². The Bertz CT molecular complexity index is 863. The fourth-order valence-corrected chi connectivity index (χ4v) is 4.16. The van der Waals surface area contributed by atoms with Crippen molar-refractivity contribution in [2.45, 2.75) is 10.9 Å². The maximum atomic E-state index is 12.1. The van der Waals surface area contributed by atoms with Crippen molar-refractivity contribution in [3.63, 3.8) is 0 Å². The van der Waals surface area contributed by atoms with E-state index in [9.17, 15) is 9.90 Å². The number of nitrogens with zero attached hydrogens (tertiary/aromatic N) is 1. The molecule has 0 saturated carbocycles. The molecule has 3 rings (SSSR count). The maximum Gasteiger partial charge on any atom is 0.337 e. The van der Waals surface area contributed by atoms with Crippen molar-refractivity contribution in [2.24, 2.45) is 5.92 Å². The van der Waals surface area contributed by atoms with Gasteiger partial charge in [-0.25, -0.2) is 4.79 Å². The van der Waals surface area contributed by atoms with Gasteiger partial charge < -0.3 is 29.5 Å². The Labute approximate surface area is 187 Å². The maximum absolute atomic E-state index is 12.1. The SMILES string of the molecule is CNSc1cc(C(=O)O)c(N(CCOC)CCOC)cc1OC1=CC=CC2NC=CC12. The Kier molecular flexibility index (Phi) is 8.42. The highest BCUT2D eigenvalue weighted by atomic mass is 32.2. The number of carbonyl (C=O) groups is 1. The van der Waals surface area contributed by atoms with Gasteiger partial charge in [0.15, 0.2) is 0 Å². The van der Waals surface area contributed by atoms with Crippen LogP contribution in [0.4, 0.5) is 5.69 Å². The van der Waals surface area contributed by atoms with Gasteiger partial charge in [-0.3, -0.25) is 4.72 Å². The monoisotopic (exact) mass is 447 g/mol. The number of anilines is 1. The van der Waals surface area contributed by atoms with Gasteiger partial charge >= 0.3 is 5.97 Å². The van der Waals surface area contributed by atoms with E-state index in [0.717, 1.165) is 5.76 Å². The lowest BCUT2D eigenvalue weighted by Crippen LogP contribution is -2.32. The van der Waals surface area contributed by atoms with E-state index >= 15 is 0 Å². The molecule has 0 aromatic heterocycles. The lowest BCUT2D eigenvalue weighted by molar-refractivity contribution is 0.0697. The molecule has 0 radical (unpaired) electrons. The van der Waals surface area contributed by atoms with Crippen molar-refractivity contribution in [1.29, 1.82) is 0 Å². The molecule has 0 amide bonds. The summed E-state index contributed by atoms with van der Waals surface area (Å²) in [5, 5.41) is 13.2. The summed E-state index contributed by atoms with van der Waals surface area (Å²) >= 11 is 1.32. The molecule has 1 aromatic carbocycles. The molecule has 2 unspecified atom stereocenters. The third kappa shape index (κ3) is 5.62. The summed E-state index contributed by atoms with van der Waals surface area (Å²) in [7, 11) is 5.03. The average molecular weight is 448 g/mol. The first-order chi connectivity index (χ1) is 15.1. The summed E-state index contributed by atoms with van der Waals surface area (Å²) in [6.07, 6.45) is 10.0. The van der Waals surface area contributed by atoms with E-state index < -0.39 is 5.97 Å². The predicted octanol–water partition coefficient (Wildman–Crippen LogP) is 2.64. The van der Waals surface area contributed by atoms with Crippen LogP contribution >= 0.6 is 11.9 Å². The Morgan fingerprint density at radius 3 is 2.61 bits per heavy atom. The normalized spacial score (nSPS) is 19.0. The number of hydrogen-bond donors (Lipinski definition) is 3. The molecule has 2 atom stereocenters. The van der Waals surface area contributed by atoms with E-state index in [0.29, 0.717) is 42.6 Å². The van der Waals surface area contributed by atoms with E-state index in [1.165, 1.54) is 11.9 Å². The smallest absolute Gasteiger partial charge is 0.337 e. The second-order valence-corrected chi connectivity index (χ2v) is 8.09. The second-order valence-electron chi connectivity index (χ2n) is 7.03. The van der Waals surface area contributed by atoms with Gasteiger partial charge in [0.1, 0.15) is 11.5 Å². The summed E-state index contributed by atoms with van der Waals surface area (Å²) in [5.41, 5.74) is 0.774. The number of hydrogen-bond acceptors (Lipinski definition) is 8. The highest BCUT2D eigenvalue weighted by molar-refractivity contribution is 7.97. The predicted molar refractivity (Wildman–Crippen MR) is 122 cm³/mol. The first-order valence-electron chi connectivity index (χ1n) is 10.1. The van der Waals surface area contributed by atoms with Crippen molar-refractivity contribution in [2.75, 3.05) is 52.5 Å². The van der Waals surface area contributed by atoms with Gasteiger partial charge in [-0.15, -0.1) is 0 Å². The molecular weight excluding hydrogens is 418 g/mol. The van der Waals surface area contributed by atoms with E-state index in [2.05, 4.69) is 22.2 Å². The number of carboxylic acids is 1. The molecule has 31 heavy (non-hydrogen) atoms. The highest BCUT2D eigenvalue weighted by Crippen LogP contribution is 2.38. The number of methoxy groups -OCH3 is 2. The Balaban J connectivity index is 2.01. The third-order valence-corrected chi connectivity index (χ3v) is 5.83. The molecule has 1 heterocycles. The minimum absolute atomic E-state index is 0.0955. The molecule has 1 aromatic rings. The summed E-state index contributed by atoms with van der Waals surface area (Å²) in [6, 6.07) is 3.62. The average Bonchev–Trinajstić information content (AvgIpc) is 3.25. The molecule has 0 spiro atoms. The molecular formula is C22H29N3O5S. The number of aromatic carboxylic acids is 1. The summed E-state index contributed by atoms with van der Waals surface area (Å²) in [5.74, 6) is 0.501. The Morgan fingerprint density at radius 1 is 1.23 bits per heavy atom. The number of carboxylic acid groups (broad SMARTS) is 1. The van der Waals surface area contributed by atoms with Crippen molar-refractivity contribution in [3.8, 4) is 5.75 Å². The molecule has 9 heteroatoms. The van der Waals surface area contributed by atoms with Crippen LogP contribution in [-0.2, 0) is 9.47 Å². The Morgan fingerprint density at radius 2 is 1.97 bits per heavy atom. The zero-order chi connectivity index (χ0) is 22.2. The van der Waals surface area contributed by atoms with Crippen molar-refractivity contribution < 1.29 is 24.1 Å². The quantitative estimate of drug-likeness (QED) is 0.418. The van der Waals surface area contributed by atoms with Crippen LogP contribution in [-0.4, -0.2) is 64.7 Å². The highest BCUT2D eigenvalue weighted by Gasteiger charge is 2.29. The van der Waals surface area contributed by atoms with Crippen LogP contribution in [0.15, 0.2) is 53.3 Å². The minimum Gasteiger partial charge on any atom is -0.478 e. The first-order valence-corrected chi connectivity index (χ1v) is 10.9. The van der Waals surface area contributed by atoms with E-state index in [1.807, 2.05) is 23.3 Å². The number of fused-ring (bicyclic) bond motifs is 1. The van der Waals surface area contributed by atoms with Crippen LogP contribution in [0.2, 0.25) is 0 Å².